The SMILES string of the molecule is CC/C=C/c1cc(C(=O)O)no1. The molecule has 0 unspecified atom stereocenters. The van der Waals surface area contributed by atoms with E-state index in [-0.39, 0.29) is 5.69 Å². The molecule has 0 bridgehead atoms. The molecule has 12 heavy (non-hydrogen) atoms. The van der Waals surface area contributed by atoms with Crippen LogP contribution in [-0.4, -0.2) is 16.2 Å². The van der Waals surface area contributed by atoms with Gasteiger partial charge in [0.25, 0.3) is 0 Å². The second-order valence-electron chi connectivity index (χ2n) is 2.23. The Morgan fingerprint density at radius 1 is 1.83 bits per heavy atom. The van der Waals surface area contributed by atoms with Crippen molar-refractivity contribution in [3.63, 3.8) is 0 Å². The monoisotopic (exact) mass is 167 g/mol. The Hall–Kier alpha value is -1.58. The minimum absolute atomic E-state index is 0.0641. The number of aromatic carboxylic acids is 1. The van der Waals surface area contributed by atoms with Gasteiger partial charge < -0.3 is 9.63 Å². The molecule has 0 aromatic carbocycles. The van der Waals surface area contributed by atoms with Crippen molar-refractivity contribution in [3.05, 3.63) is 23.6 Å². The molecule has 0 spiro atoms. The molecule has 4 heteroatoms. The van der Waals surface area contributed by atoms with Crippen LogP contribution in [-0.2, 0) is 0 Å². The normalized spacial score (nSPS) is 10.8. The molecular weight excluding hydrogens is 158 g/mol. The molecule has 0 radical (unpaired) electrons. The van der Waals surface area contributed by atoms with Crippen LogP contribution in [0.3, 0.4) is 0 Å². The van der Waals surface area contributed by atoms with Crippen molar-refractivity contribution in [2.24, 2.45) is 0 Å². The maximum Gasteiger partial charge on any atom is 0.358 e. The van der Waals surface area contributed by atoms with Crippen LogP contribution in [0.25, 0.3) is 6.08 Å². The van der Waals surface area contributed by atoms with E-state index in [1.807, 2.05) is 13.0 Å². The number of carbonyl (C=O) groups is 1. The van der Waals surface area contributed by atoms with Gasteiger partial charge in [0.2, 0.25) is 0 Å². The van der Waals surface area contributed by atoms with Gasteiger partial charge in [0.1, 0.15) is 0 Å². The summed E-state index contributed by atoms with van der Waals surface area (Å²) in [6, 6.07) is 1.38. The number of hydrogen-bond donors (Lipinski definition) is 1. The summed E-state index contributed by atoms with van der Waals surface area (Å²) in [6.45, 7) is 1.98. The van der Waals surface area contributed by atoms with Crippen LogP contribution in [0.15, 0.2) is 16.7 Å². The Balaban J connectivity index is 2.77. The van der Waals surface area contributed by atoms with Crippen LogP contribution in [0.4, 0.5) is 0 Å². The molecule has 0 saturated heterocycles. The maximum absolute atomic E-state index is 10.3. The molecule has 64 valence electrons. The van der Waals surface area contributed by atoms with Crippen molar-refractivity contribution in [1.82, 2.24) is 5.16 Å². The Bertz CT molecular complexity index is 301. The summed E-state index contributed by atoms with van der Waals surface area (Å²) in [6.07, 6.45) is 4.44. The molecule has 0 amide bonds. The molecule has 0 aliphatic heterocycles. The molecule has 1 aromatic heterocycles. The minimum Gasteiger partial charge on any atom is -0.476 e. The Morgan fingerprint density at radius 3 is 3.08 bits per heavy atom. The average Bonchev–Trinajstić information content (AvgIpc) is 2.48. The topological polar surface area (TPSA) is 63.3 Å². The van der Waals surface area contributed by atoms with Crippen LogP contribution in [0.2, 0.25) is 0 Å². The van der Waals surface area contributed by atoms with E-state index < -0.39 is 5.97 Å². The van der Waals surface area contributed by atoms with Gasteiger partial charge in [-0.25, -0.2) is 4.79 Å². The van der Waals surface area contributed by atoms with Gasteiger partial charge in [0.05, 0.1) is 0 Å². The highest BCUT2D eigenvalue weighted by atomic mass is 16.5. The molecule has 0 atom stereocenters. The van der Waals surface area contributed by atoms with Crippen molar-refractivity contribution in [1.29, 1.82) is 0 Å². The summed E-state index contributed by atoms with van der Waals surface area (Å²) in [5, 5.41) is 11.8. The molecule has 1 N–H and O–H groups in total. The lowest BCUT2D eigenvalue weighted by atomic mass is 10.3. The molecule has 0 aliphatic carbocycles. The summed E-state index contributed by atoms with van der Waals surface area (Å²) in [5.41, 5.74) is -0.0641. The Kier molecular flexibility index (Phi) is 2.63. The third-order valence-corrected chi connectivity index (χ3v) is 1.27. The van der Waals surface area contributed by atoms with Crippen LogP contribution in [0, 0.1) is 0 Å². The first kappa shape index (κ1) is 8.52. The quantitative estimate of drug-likeness (QED) is 0.745. The fraction of sp³-hybridized carbons (Fsp3) is 0.250. The van der Waals surface area contributed by atoms with Gasteiger partial charge >= 0.3 is 5.97 Å². The van der Waals surface area contributed by atoms with Gasteiger partial charge in [0.15, 0.2) is 11.5 Å². The molecule has 1 heterocycles. The molecule has 1 aromatic rings. The molecule has 1 rings (SSSR count). The highest BCUT2D eigenvalue weighted by Crippen LogP contribution is 2.05. The molecular formula is C8H9NO3. The predicted molar refractivity (Wildman–Crippen MR) is 42.8 cm³/mol. The van der Waals surface area contributed by atoms with Crippen LogP contribution in [0.5, 0.6) is 0 Å². The number of allylic oxidation sites excluding steroid dienone is 1. The largest absolute Gasteiger partial charge is 0.476 e. The van der Waals surface area contributed by atoms with Gasteiger partial charge in [-0.05, 0) is 12.5 Å². The zero-order valence-electron chi connectivity index (χ0n) is 6.65. The third kappa shape index (κ3) is 1.95. The fourth-order valence-electron chi connectivity index (χ4n) is 0.703. The Morgan fingerprint density at radius 2 is 2.58 bits per heavy atom. The van der Waals surface area contributed by atoms with Crippen molar-refractivity contribution in [2.75, 3.05) is 0 Å². The third-order valence-electron chi connectivity index (χ3n) is 1.27. The lowest BCUT2D eigenvalue weighted by Crippen LogP contribution is -1.94. The zero-order chi connectivity index (χ0) is 8.97. The van der Waals surface area contributed by atoms with E-state index in [1.165, 1.54) is 6.07 Å². The highest BCUT2D eigenvalue weighted by Gasteiger charge is 2.07. The first-order valence-electron chi connectivity index (χ1n) is 3.60. The van der Waals surface area contributed by atoms with Gasteiger partial charge in [-0.15, -0.1) is 0 Å². The number of hydrogen-bond acceptors (Lipinski definition) is 3. The van der Waals surface area contributed by atoms with Crippen molar-refractivity contribution in [2.45, 2.75) is 13.3 Å². The maximum atomic E-state index is 10.3. The van der Waals surface area contributed by atoms with Gasteiger partial charge in [-0.3, -0.25) is 0 Å². The van der Waals surface area contributed by atoms with Crippen molar-refractivity contribution in [3.8, 4) is 0 Å². The summed E-state index contributed by atoms with van der Waals surface area (Å²) < 4.78 is 4.71. The summed E-state index contributed by atoms with van der Waals surface area (Å²) in [7, 11) is 0. The number of nitrogens with zero attached hydrogens (tertiary/aromatic N) is 1. The fourth-order valence-corrected chi connectivity index (χ4v) is 0.703. The number of carboxylic acid groups (broad SMARTS) is 1. The van der Waals surface area contributed by atoms with E-state index >= 15 is 0 Å². The summed E-state index contributed by atoms with van der Waals surface area (Å²) in [4.78, 5) is 10.3. The smallest absolute Gasteiger partial charge is 0.358 e. The number of carboxylic acids is 1. The highest BCUT2D eigenvalue weighted by molar-refractivity contribution is 5.85. The number of rotatable bonds is 3. The van der Waals surface area contributed by atoms with Gasteiger partial charge in [-0.1, -0.05) is 18.2 Å². The van der Waals surface area contributed by atoms with E-state index in [1.54, 1.807) is 6.08 Å². The van der Waals surface area contributed by atoms with Crippen molar-refractivity contribution >= 4 is 12.0 Å². The van der Waals surface area contributed by atoms with Crippen LogP contribution in [0.1, 0.15) is 29.6 Å². The first-order valence-corrected chi connectivity index (χ1v) is 3.60. The van der Waals surface area contributed by atoms with E-state index in [9.17, 15) is 4.79 Å². The van der Waals surface area contributed by atoms with E-state index in [0.29, 0.717) is 5.76 Å². The van der Waals surface area contributed by atoms with Crippen molar-refractivity contribution < 1.29 is 14.4 Å². The van der Waals surface area contributed by atoms with Crippen LogP contribution >= 0.6 is 0 Å². The summed E-state index contributed by atoms with van der Waals surface area (Å²) >= 11 is 0. The van der Waals surface area contributed by atoms with Gasteiger partial charge in [0, 0.05) is 6.07 Å². The molecule has 0 saturated carbocycles. The lowest BCUT2D eigenvalue weighted by molar-refractivity contribution is 0.0685. The standard InChI is InChI=1S/C8H9NO3/c1-2-3-4-6-5-7(8(10)11)9-12-6/h3-5H,2H2,1H3,(H,10,11)/b4-3+. The zero-order valence-corrected chi connectivity index (χ0v) is 6.65. The number of aromatic nitrogens is 1. The average molecular weight is 167 g/mol. The minimum atomic E-state index is -1.07. The van der Waals surface area contributed by atoms with E-state index in [4.69, 9.17) is 9.63 Å². The lowest BCUT2D eigenvalue weighted by Gasteiger charge is -1.77. The van der Waals surface area contributed by atoms with Gasteiger partial charge in [-0.2, -0.15) is 0 Å². The molecule has 4 nitrogen and oxygen atoms in total. The predicted octanol–water partition coefficient (Wildman–Crippen LogP) is 1.80. The molecule has 0 aliphatic rings. The Labute approximate surface area is 69.5 Å². The van der Waals surface area contributed by atoms with Crippen LogP contribution < -0.4 is 0 Å². The van der Waals surface area contributed by atoms with E-state index in [0.717, 1.165) is 6.42 Å². The second-order valence-corrected chi connectivity index (χ2v) is 2.23. The molecule has 0 fully saturated rings. The first-order chi connectivity index (χ1) is 5.74. The van der Waals surface area contributed by atoms with E-state index in [2.05, 4.69) is 5.16 Å². The second kappa shape index (κ2) is 3.71. The summed E-state index contributed by atoms with van der Waals surface area (Å²) in [5.74, 6) is -0.607.